The van der Waals surface area contributed by atoms with Gasteiger partial charge in [-0.1, -0.05) is 29.8 Å². The highest BCUT2D eigenvalue weighted by atomic mass is 16.5. The fraction of sp³-hybridized carbons (Fsp3) is 0.211. The maximum atomic E-state index is 12.1. The van der Waals surface area contributed by atoms with E-state index in [2.05, 4.69) is 24.4 Å². The van der Waals surface area contributed by atoms with E-state index in [1.165, 1.54) is 5.56 Å². The molecule has 1 N–H and O–H groups in total. The van der Waals surface area contributed by atoms with Crippen LogP contribution in [0, 0.1) is 20.8 Å². The molecule has 3 nitrogen and oxygen atoms in total. The van der Waals surface area contributed by atoms with Crippen molar-refractivity contribution in [1.82, 2.24) is 0 Å². The molecule has 0 aliphatic carbocycles. The molecule has 2 aromatic rings. The van der Waals surface area contributed by atoms with Crippen LogP contribution in [0.2, 0.25) is 0 Å². The number of carbonyl (C=O) groups excluding carboxylic acids is 1. The topological polar surface area (TPSA) is 38.3 Å². The van der Waals surface area contributed by atoms with E-state index in [0.29, 0.717) is 0 Å². The summed E-state index contributed by atoms with van der Waals surface area (Å²) in [4.78, 5) is 12.1. The average Bonchev–Trinajstić information content (AvgIpc) is 2.49. The highest BCUT2D eigenvalue weighted by Crippen LogP contribution is 2.22. The molecule has 3 heteroatoms. The Morgan fingerprint density at radius 1 is 1.05 bits per heavy atom. The Bertz CT molecular complexity index is 677. The van der Waals surface area contributed by atoms with Gasteiger partial charge in [-0.05, 0) is 55.7 Å². The summed E-state index contributed by atoms with van der Waals surface area (Å²) in [5.74, 6) is 0.665. The van der Waals surface area contributed by atoms with E-state index in [0.717, 1.165) is 28.1 Å². The molecule has 2 aromatic carbocycles. The van der Waals surface area contributed by atoms with Gasteiger partial charge in [0.15, 0.2) is 0 Å². The quantitative estimate of drug-likeness (QED) is 0.855. The minimum atomic E-state index is -0.133. The maximum absolute atomic E-state index is 12.1. The molecule has 0 radical (unpaired) electrons. The van der Waals surface area contributed by atoms with Crippen molar-refractivity contribution < 1.29 is 9.53 Å². The van der Waals surface area contributed by atoms with Crippen molar-refractivity contribution in [3.05, 3.63) is 64.7 Å². The monoisotopic (exact) mass is 295 g/mol. The van der Waals surface area contributed by atoms with Crippen LogP contribution in [0.1, 0.15) is 22.3 Å². The Morgan fingerprint density at radius 2 is 1.64 bits per heavy atom. The summed E-state index contributed by atoms with van der Waals surface area (Å²) in [5, 5.41) is 2.95. The van der Waals surface area contributed by atoms with Crippen LogP contribution >= 0.6 is 0 Å². The molecule has 0 atom stereocenters. The van der Waals surface area contributed by atoms with Gasteiger partial charge in [-0.25, -0.2) is 0 Å². The number of nitrogens with one attached hydrogen (secondary N) is 1. The molecular formula is C19H21NO2. The Hall–Kier alpha value is -2.55. The van der Waals surface area contributed by atoms with Crippen molar-refractivity contribution in [3.63, 3.8) is 0 Å². The first-order valence-corrected chi connectivity index (χ1v) is 7.20. The number of anilines is 1. The minimum Gasteiger partial charge on any atom is -0.497 e. The largest absolute Gasteiger partial charge is 0.497 e. The molecule has 0 spiro atoms. The predicted molar refractivity (Wildman–Crippen MR) is 91.3 cm³/mol. The van der Waals surface area contributed by atoms with Crippen molar-refractivity contribution in [1.29, 1.82) is 0 Å². The standard InChI is InChI=1S/C19H21NO2/c1-13-11-14(2)19(15(3)12-13)20-18(21)10-7-16-5-8-17(22-4)9-6-16/h5-12H,1-4H3,(H,20,21)/b10-7+. The van der Waals surface area contributed by atoms with Crippen LogP contribution in [0.3, 0.4) is 0 Å². The van der Waals surface area contributed by atoms with Crippen LogP contribution in [0.25, 0.3) is 6.08 Å². The van der Waals surface area contributed by atoms with Gasteiger partial charge in [-0.3, -0.25) is 4.79 Å². The van der Waals surface area contributed by atoms with Crippen molar-refractivity contribution in [2.24, 2.45) is 0 Å². The molecule has 0 aromatic heterocycles. The summed E-state index contributed by atoms with van der Waals surface area (Å²) in [6.45, 7) is 6.06. The van der Waals surface area contributed by atoms with Gasteiger partial charge in [0.1, 0.15) is 5.75 Å². The summed E-state index contributed by atoms with van der Waals surface area (Å²) in [7, 11) is 1.63. The molecule has 0 unspecified atom stereocenters. The number of hydrogen-bond donors (Lipinski definition) is 1. The Balaban J connectivity index is 2.08. The van der Waals surface area contributed by atoms with Crippen molar-refractivity contribution in [2.75, 3.05) is 12.4 Å². The molecule has 0 aliphatic rings. The zero-order valence-corrected chi connectivity index (χ0v) is 13.4. The summed E-state index contributed by atoms with van der Waals surface area (Å²) < 4.78 is 5.11. The number of carbonyl (C=O) groups is 1. The predicted octanol–water partition coefficient (Wildman–Crippen LogP) is 4.27. The van der Waals surface area contributed by atoms with Crippen molar-refractivity contribution >= 4 is 17.7 Å². The molecule has 0 bridgehead atoms. The molecule has 0 fully saturated rings. The molecule has 0 saturated heterocycles. The number of benzene rings is 2. The summed E-state index contributed by atoms with van der Waals surface area (Å²) in [6.07, 6.45) is 3.33. The third-order valence-electron chi connectivity index (χ3n) is 3.47. The normalized spacial score (nSPS) is 10.7. The first kappa shape index (κ1) is 15.8. The SMILES string of the molecule is COc1ccc(/C=C/C(=O)Nc2c(C)cc(C)cc2C)cc1. The van der Waals surface area contributed by atoms with Gasteiger partial charge in [0.25, 0.3) is 0 Å². The lowest BCUT2D eigenvalue weighted by atomic mass is 10.1. The Morgan fingerprint density at radius 3 is 2.18 bits per heavy atom. The molecular weight excluding hydrogens is 274 g/mol. The van der Waals surface area contributed by atoms with Gasteiger partial charge in [0.2, 0.25) is 5.91 Å². The number of amides is 1. The van der Waals surface area contributed by atoms with E-state index in [1.807, 2.05) is 38.1 Å². The van der Waals surface area contributed by atoms with Crippen LogP contribution in [0.15, 0.2) is 42.5 Å². The first-order chi connectivity index (χ1) is 10.5. The van der Waals surface area contributed by atoms with Gasteiger partial charge in [-0.2, -0.15) is 0 Å². The highest BCUT2D eigenvalue weighted by molar-refractivity contribution is 6.02. The molecule has 0 saturated carbocycles. The van der Waals surface area contributed by atoms with Gasteiger partial charge in [-0.15, -0.1) is 0 Å². The third-order valence-corrected chi connectivity index (χ3v) is 3.47. The number of aryl methyl sites for hydroxylation is 3. The van der Waals surface area contributed by atoms with E-state index in [1.54, 1.807) is 19.3 Å². The lowest BCUT2D eigenvalue weighted by Crippen LogP contribution is -2.10. The number of methoxy groups -OCH3 is 1. The Labute approximate surface area is 131 Å². The number of rotatable bonds is 4. The zero-order valence-electron chi connectivity index (χ0n) is 13.4. The van der Waals surface area contributed by atoms with E-state index >= 15 is 0 Å². The second-order valence-corrected chi connectivity index (χ2v) is 5.37. The molecule has 0 aliphatic heterocycles. The Kier molecular flexibility index (Phi) is 4.99. The van der Waals surface area contributed by atoms with Gasteiger partial charge in [0, 0.05) is 11.8 Å². The van der Waals surface area contributed by atoms with Crippen molar-refractivity contribution in [2.45, 2.75) is 20.8 Å². The molecule has 2 rings (SSSR count). The fourth-order valence-electron chi connectivity index (χ4n) is 2.43. The van der Waals surface area contributed by atoms with Crippen LogP contribution < -0.4 is 10.1 Å². The lowest BCUT2D eigenvalue weighted by molar-refractivity contribution is -0.111. The fourth-order valence-corrected chi connectivity index (χ4v) is 2.43. The van der Waals surface area contributed by atoms with Crippen LogP contribution in [0.5, 0.6) is 5.75 Å². The average molecular weight is 295 g/mol. The van der Waals surface area contributed by atoms with E-state index in [-0.39, 0.29) is 5.91 Å². The molecule has 22 heavy (non-hydrogen) atoms. The lowest BCUT2D eigenvalue weighted by Gasteiger charge is -2.11. The van der Waals surface area contributed by atoms with Gasteiger partial charge < -0.3 is 10.1 Å². The van der Waals surface area contributed by atoms with Gasteiger partial charge in [0.05, 0.1) is 7.11 Å². The summed E-state index contributed by atoms with van der Waals surface area (Å²) in [5.41, 5.74) is 5.18. The summed E-state index contributed by atoms with van der Waals surface area (Å²) in [6, 6.07) is 11.7. The van der Waals surface area contributed by atoms with E-state index in [4.69, 9.17) is 4.74 Å². The van der Waals surface area contributed by atoms with Crippen LogP contribution in [0.4, 0.5) is 5.69 Å². The van der Waals surface area contributed by atoms with E-state index < -0.39 is 0 Å². The zero-order chi connectivity index (χ0) is 16.1. The maximum Gasteiger partial charge on any atom is 0.248 e. The second-order valence-electron chi connectivity index (χ2n) is 5.37. The third kappa shape index (κ3) is 3.98. The molecule has 0 heterocycles. The highest BCUT2D eigenvalue weighted by Gasteiger charge is 2.06. The molecule has 114 valence electrons. The number of ether oxygens (including phenoxy) is 1. The molecule has 1 amide bonds. The minimum absolute atomic E-state index is 0.133. The number of hydrogen-bond acceptors (Lipinski definition) is 2. The smallest absolute Gasteiger partial charge is 0.248 e. The van der Waals surface area contributed by atoms with Crippen LogP contribution in [-0.2, 0) is 4.79 Å². The summed E-state index contributed by atoms with van der Waals surface area (Å²) >= 11 is 0. The van der Waals surface area contributed by atoms with Crippen molar-refractivity contribution in [3.8, 4) is 5.75 Å². The van der Waals surface area contributed by atoms with Gasteiger partial charge >= 0.3 is 0 Å². The second kappa shape index (κ2) is 6.94. The van der Waals surface area contributed by atoms with E-state index in [9.17, 15) is 4.79 Å². The first-order valence-electron chi connectivity index (χ1n) is 7.20. The van der Waals surface area contributed by atoms with Crippen LogP contribution in [-0.4, -0.2) is 13.0 Å².